The summed E-state index contributed by atoms with van der Waals surface area (Å²) < 4.78 is 71.5. The molecular formula is C17H11ClF3N3O3S. The molecule has 3 rings (SSSR count). The molecule has 0 radical (unpaired) electrons. The lowest BCUT2D eigenvalue weighted by atomic mass is 10.2. The zero-order valence-corrected chi connectivity index (χ0v) is 15.4. The van der Waals surface area contributed by atoms with Crippen molar-refractivity contribution in [3.8, 4) is 11.6 Å². The van der Waals surface area contributed by atoms with Gasteiger partial charge in [0.15, 0.2) is 0 Å². The summed E-state index contributed by atoms with van der Waals surface area (Å²) in [5, 5.41) is -0.592. The van der Waals surface area contributed by atoms with Gasteiger partial charge in [-0.15, -0.1) is 0 Å². The zero-order chi connectivity index (χ0) is 20.4. The van der Waals surface area contributed by atoms with Gasteiger partial charge in [-0.3, -0.25) is 9.71 Å². The number of rotatable bonds is 5. The first-order chi connectivity index (χ1) is 13.1. The third kappa shape index (κ3) is 4.70. The minimum absolute atomic E-state index is 0.0879. The Morgan fingerprint density at radius 1 is 1.07 bits per heavy atom. The Hall–Kier alpha value is -2.85. The van der Waals surface area contributed by atoms with E-state index in [1.165, 1.54) is 36.8 Å². The summed E-state index contributed by atoms with van der Waals surface area (Å²) >= 11 is 5.53. The Morgan fingerprint density at radius 2 is 1.86 bits per heavy atom. The Bertz CT molecular complexity index is 1090. The SMILES string of the molecule is O=S(=O)(Nc1cccc(Oc2cnccn2)c1)c1ccc(Cl)c(C(F)(F)F)c1. The lowest BCUT2D eigenvalue weighted by molar-refractivity contribution is -0.137. The number of hydrogen-bond acceptors (Lipinski definition) is 5. The second kappa shape index (κ2) is 7.64. The molecule has 1 heterocycles. The first-order valence-electron chi connectivity index (χ1n) is 7.59. The molecule has 6 nitrogen and oxygen atoms in total. The summed E-state index contributed by atoms with van der Waals surface area (Å²) in [5.74, 6) is 0.447. The van der Waals surface area contributed by atoms with Crippen LogP contribution in [0, 0.1) is 0 Å². The number of alkyl halides is 3. The van der Waals surface area contributed by atoms with Gasteiger partial charge in [-0.1, -0.05) is 17.7 Å². The largest absolute Gasteiger partial charge is 0.437 e. The average molecular weight is 430 g/mol. The Labute approximate surface area is 163 Å². The maximum Gasteiger partial charge on any atom is 0.417 e. The number of halogens is 4. The molecule has 11 heteroatoms. The molecule has 1 aromatic heterocycles. The maximum atomic E-state index is 13.0. The highest BCUT2D eigenvalue weighted by atomic mass is 35.5. The van der Waals surface area contributed by atoms with E-state index < -0.39 is 31.7 Å². The molecule has 0 fully saturated rings. The fourth-order valence-corrected chi connectivity index (χ4v) is 3.48. The molecule has 0 spiro atoms. The first kappa shape index (κ1) is 19.9. The minimum atomic E-state index is -4.78. The van der Waals surface area contributed by atoms with E-state index in [1.54, 1.807) is 6.07 Å². The van der Waals surface area contributed by atoms with Crippen LogP contribution in [0.4, 0.5) is 18.9 Å². The number of benzene rings is 2. The monoisotopic (exact) mass is 429 g/mol. The van der Waals surface area contributed by atoms with Crippen molar-refractivity contribution in [2.45, 2.75) is 11.1 Å². The predicted octanol–water partition coefficient (Wildman–Crippen LogP) is 4.74. The van der Waals surface area contributed by atoms with Crippen molar-refractivity contribution in [3.63, 3.8) is 0 Å². The van der Waals surface area contributed by atoms with Gasteiger partial charge in [-0.05, 0) is 30.3 Å². The first-order valence-corrected chi connectivity index (χ1v) is 9.45. The van der Waals surface area contributed by atoms with Crippen LogP contribution in [0.25, 0.3) is 0 Å². The number of nitrogens with zero attached hydrogens (tertiary/aromatic N) is 2. The molecule has 0 aliphatic carbocycles. The summed E-state index contributed by atoms with van der Waals surface area (Å²) in [6, 6.07) is 8.18. The quantitative estimate of drug-likeness (QED) is 0.633. The van der Waals surface area contributed by atoms with Crippen molar-refractivity contribution in [2.24, 2.45) is 0 Å². The molecule has 0 saturated heterocycles. The maximum absolute atomic E-state index is 13.0. The third-order valence-electron chi connectivity index (χ3n) is 3.40. The molecule has 0 bridgehead atoms. The van der Waals surface area contributed by atoms with E-state index in [4.69, 9.17) is 16.3 Å². The molecule has 0 saturated carbocycles. The molecule has 0 amide bonds. The molecule has 2 aromatic carbocycles. The molecule has 0 atom stereocenters. The lowest BCUT2D eigenvalue weighted by Gasteiger charge is -2.13. The molecular weight excluding hydrogens is 419 g/mol. The van der Waals surface area contributed by atoms with Crippen LogP contribution in [0.5, 0.6) is 11.6 Å². The van der Waals surface area contributed by atoms with Gasteiger partial charge in [-0.25, -0.2) is 13.4 Å². The van der Waals surface area contributed by atoms with E-state index >= 15 is 0 Å². The molecule has 0 unspecified atom stereocenters. The van der Waals surface area contributed by atoms with Crippen LogP contribution in [0.1, 0.15) is 5.56 Å². The van der Waals surface area contributed by atoms with Crippen LogP contribution in [-0.2, 0) is 16.2 Å². The van der Waals surface area contributed by atoms with E-state index in [9.17, 15) is 21.6 Å². The fourth-order valence-electron chi connectivity index (χ4n) is 2.18. The molecule has 3 aromatic rings. The van der Waals surface area contributed by atoms with E-state index in [1.807, 2.05) is 0 Å². The third-order valence-corrected chi connectivity index (χ3v) is 5.11. The van der Waals surface area contributed by atoms with Crippen LogP contribution in [0.15, 0.2) is 66.0 Å². The Balaban J connectivity index is 1.86. The summed E-state index contributed by atoms with van der Waals surface area (Å²) in [6.07, 6.45) is -0.546. The van der Waals surface area contributed by atoms with Gasteiger partial charge < -0.3 is 4.74 Å². The summed E-state index contributed by atoms with van der Waals surface area (Å²) in [5.41, 5.74) is -1.15. The number of ether oxygens (including phenoxy) is 1. The van der Waals surface area contributed by atoms with Crippen molar-refractivity contribution in [1.82, 2.24) is 9.97 Å². The molecule has 0 aliphatic heterocycles. The van der Waals surface area contributed by atoms with Crippen LogP contribution < -0.4 is 9.46 Å². The average Bonchev–Trinajstić information content (AvgIpc) is 2.61. The van der Waals surface area contributed by atoms with Gasteiger partial charge in [0.25, 0.3) is 10.0 Å². The van der Waals surface area contributed by atoms with Crippen molar-refractivity contribution in [1.29, 1.82) is 0 Å². The van der Waals surface area contributed by atoms with Crippen LogP contribution in [-0.4, -0.2) is 18.4 Å². The lowest BCUT2D eigenvalue weighted by Crippen LogP contribution is -2.15. The normalized spacial score (nSPS) is 11.9. The Morgan fingerprint density at radius 3 is 2.54 bits per heavy atom. The minimum Gasteiger partial charge on any atom is -0.437 e. The highest BCUT2D eigenvalue weighted by molar-refractivity contribution is 7.92. The topological polar surface area (TPSA) is 81.2 Å². The van der Waals surface area contributed by atoms with Crippen molar-refractivity contribution < 1.29 is 26.3 Å². The summed E-state index contributed by atoms with van der Waals surface area (Å²) in [7, 11) is -4.29. The second-order valence-electron chi connectivity index (χ2n) is 5.42. The van der Waals surface area contributed by atoms with E-state index in [2.05, 4.69) is 14.7 Å². The fraction of sp³-hybridized carbons (Fsp3) is 0.0588. The highest BCUT2D eigenvalue weighted by Gasteiger charge is 2.34. The second-order valence-corrected chi connectivity index (χ2v) is 7.51. The van der Waals surface area contributed by atoms with Gasteiger partial charge in [-0.2, -0.15) is 13.2 Å². The predicted molar refractivity (Wildman–Crippen MR) is 95.8 cm³/mol. The number of nitrogens with one attached hydrogen (secondary N) is 1. The van der Waals surface area contributed by atoms with E-state index in [0.717, 1.165) is 12.1 Å². The van der Waals surface area contributed by atoms with Gasteiger partial charge in [0.1, 0.15) is 5.75 Å². The highest BCUT2D eigenvalue weighted by Crippen LogP contribution is 2.36. The van der Waals surface area contributed by atoms with E-state index in [0.29, 0.717) is 6.07 Å². The van der Waals surface area contributed by atoms with Gasteiger partial charge >= 0.3 is 6.18 Å². The van der Waals surface area contributed by atoms with Crippen LogP contribution in [0.2, 0.25) is 5.02 Å². The zero-order valence-electron chi connectivity index (χ0n) is 13.8. The summed E-state index contributed by atoms with van der Waals surface area (Å²) in [4.78, 5) is 7.18. The van der Waals surface area contributed by atoms with E-state index in [-0.39, 0.29) is 17.3 Å². The van der Waals surface area contributed by atoms with Crippen LogP contribution in [0.3, 0.4) is 0 Å². The molecule has 28 heavy (non-hydrogen) atoms. The number of hydrogen-bond donors (Lipinski definition) is 1. The molecule has 146 valence electrons. The van der Waals surface area contributed by atoms with Gasteiger partial charge in [0, 0.05) is 18.5 Å². The Kier molecular flexibility index (Phi) is 5.43. The van der Waals surface area contributed by atoms with Crippen molar-refractivity contribution in [3.05, 3.63) is 71.6 Å². The molecule has 1 N–H and O–H groups in total. The molecule has 0 aliphatic rings. The number of sulfonamides is 1. The van der Waals surface area contributed by atoms with Crippen LogP contribution >= 0.6 is 11.6 Å². The number of anilines is 1. The van der Waals surface area contributed by atoms with Crippen molar-refractivity contribution in [2.75, 3.05) is 4.72 Å². The number of aromatic nitrogens is 2. The van der Waals surface area contributed by atoms with Crippen molar-refractivity contribution >= 4 is 27.3 Å². The standard InChI is InChI=1S/C17H11ClF3N3O3S/c18-15-5-4-13(9-14(15)17(19,20)21)28(25,26)24-11-2-1-3-12(8-11)27-16-10-22-6-7-23-16/h1-10,24H. The van der Waals surface area contributed by atoms with Gasteiger partial charge in [0.2, 0.25) is 5.88 Å². The summed E-state index contributed by atoms with van der Waals surface area (Å²) in [6.45, 7) is 0. The smallest absolute Gasteiger partial charge is 0.417 e. The van der Waals surface area contributed by atoms with Gasteiger partial charge in [0.05, 0.1) is 27.4 Å².